The Morgan fingerprint density at radius 1 is 1.46 bits per heavy atom. The molecule has 0 aromatic rings. The van der Waals surface area contributed by atoms with Crippen LogP contribution in [0.5, 0.6) is 0 Å². The number of rotatable bonds is 3. The highest BCUT2D eigenvalue weighted by Crippen LogP contribution is 2.28. The molecule has 72 valence electrons. The van der Waals surface area contributed by atoms with Gasteiger partial charge in [-0.25, -0.2) is 0 Å². The fraction of sp³-hybridized carbons (Fsp3) is 0.600. The number of allylic oxidation sites excluding steroid dienone is 1. The van der Waals surface area contributed by atoms with Crippen LogP contribution in [-0.4, -0.2) is 18.7 Å². The van der Waals surface area contributed by atoms with Crippen molar-refractivity contribution in [1.29, 1.82) is 0 Å². The molecule has 3 heteroatoms. The number of nitrogens with two attached hydrogens (primary N) is 2. The van der Waals surface area contributed by atoms with E-state index in [0.29, 0.717) is 12.6 Å². The molecule has 2 atom stereocenters. The van der Waals surface area contributed by atoms with Crippen LogP contribution in [0.1, 0.15) is 12.8 Å². The van der Waals surface area contributed by atoms with E-state index < -0.39 is 0 Å². The maximum Gasteiger partial charge on any atom is 0.115 e. The summed E-state index contributed by atoms with van der Waals surface area (Å²) in [6, 6.07) is 0.0524. The molecule has 0 radical (unpaired) electrons. The molecule has 1 saturated carbocycles. The van der Waals surface area contributed by atoms with E-state index >= 15 is 0 Å². The summed E-state index contributed by atoms with van der Waals surface area (Å²) in [7, 11) is 0. The van der Waals surface area contributed by atoms with Crippen molar-refractivity contribution in [2.45, 2.75) is 25.0 Å². The molecule has 1 fully saturated rings. The monoisotopic (exact) mass is 180 g/mol. The van der Waals surface area contributed by atoms with E-state index in [9.17, 15) is 0 Å². The van der Waals surface area contributed by atoms with E-state index in [1.807, 2.05) is 18.2 Å². The SMILES string of the molecule is NCC1C=C(OC2CC2)C=CC1N. The molecular formula is C10H16N2O. The zero-order valence-electron chi connectivity index (χ0n) is 7.65. The van der Waals surface area contributed by atoms with Crippen LogP contribution in [0.4, 0.5) is 0 Å². The smallest absolute Gasteiger partial charge is 0.115 e. The Balaban J connectivity index is 1.98. The summed E-state index contributed by atoms with van der Waals surface area (Å²) < 4.78 is 5.65. The van der Waals surface area contributed by atoms with Crippen LogP contribution in [0.2, 0.25) is 0 Å². The van der Waals surface area contributed by atoms with Gasteiger partial charge in [-0.1, -0.05) is 6.08 Å². The van der Waals surface area contributed by atoms with Crippen LogP contribution < -0.4 is 11.5 Å². The summed E-state index contributed by atoms with van der Waals surface area (Å²) in [5.74, 6) is 1.18. The minimum Gasteiger partial charge on any atom is -0.491 e. The van der Waals surface area contributed by atoms with Gasteiger partial charge in [-0.05, 0) is 25.0 Å². The molecular weight excluding hydrogens is 164 g/mol. The molecule has 2 unspecified atom stereocenters. The lowest BCUT2D eigenvalue weighted by molar-refractivity contribution is 0.204. The second-order valence-electron chi connectivity index (χ2n) is 3.72. The molecule has 3 nitrogen and oxygen atoms in total. The first kappa shape index (κ1) is 8.78. The Bertz CT molecular complexity index is 243. The minimum atomic E-state index is 0.0524. The molecule has 2 rings (SSSR count). The third-order valence-electron chi connectivity index (χ3n) is 2.45. The van der Waals surface area contributed by atoms with Gasteiger partial charge in [0.15, 0.2) is 0 Å². The van der Waals surface area contributed by atoms with Crippen molar-refractivity contribution in [3.63, 3.8) is 0 Å². The molecule has 13 heavy (non-hydrogen) atoms. The van der Waals surface area contributed by atoms with Gasteiger partial charge in [0, 0.05) is 18.5 Å². The van der Waals surface area contributed by atoms with E-state index in [2.05, 4.69) is 0 Å². The topological polar surface area (TPSA) is 61.3 Å². The normalized spacial score (nSPS) is 32.9. The second kappa shape index (κ2) is 3.52. The molecule has 0 amide bonds. The zero-order valence-corrected chi connectivity index (χ0v) is 7.65. The number of hydrogen-bond donors (Lipinski definition) is 2. The summed E-state index contributed by atoms with van der Waals surface area (Å²) in [5.41, 5.74) is 11.4. The van der Waals surface area contributed by atoms with E-state index in [1.54, 1.807) is 0 Å². The summed E-state index contributed by atoms with van der Waals surface area (Å²) in [4.78, 5) is 0. The van der Waals surface area contributed by atoms with E-state index in [4.69, 9.17) is 16.2 Å². The highest BCUT2D eigenvalue weighted by molar-refractivity contribution is 5.23. The summed E-state index contributed by atoms with van der Waals surface area (Å²) in [5, 5.41) is 0. The Labute approximate surface area is 78.4 Å². The van der Waals surface area contributed by atoms with Crippen LogP contribution in [0.15, 0.2) is 24.0 Å². The molecule has 0 aromatic heterocycles. The number of ether oxygens (including phenoxy) is 1. The van der Waals surface area contributed by atoms with E-state index in [-0.39, 0.29) is 12.0 Å². The van der Waals surface area contributed by atoms with Crippen LogP contribution in [-0.2, 0) is 4.74 Å². The van der Waals surface area contributed by atoms with Gasteiger partial charge in [0.1, 0.15) is 5.76 Å². The van der Waals surface area contributed by atoms with Crippen LogP contribution >= 0.6 is 0 Å². The predicted octanol–water partition coefficient (Wildman–Crippen LogP) is 0.521. The van der Waals surface area contributed by atoms with Gasteiger partial charge < -0.3 is 16.2 Å². The predicted molar refractivity (Wildman–Crippen MR) is 51.8 cm³/mol. The highest BCUT2D eigenvalue weighted by Gasteiger charge is 2.25. The lowest BCUT2D eigenvalue weighted by Crippen LogP contribution is -2.34. The molecule has 2 aliphatic carbocycles. The molecule has 0 bridgehead atoms. The first-order chi connectivity index (χ1) is 6.29. The highest BCUT2D eigenvalue weighted by atomic mass is 16.5. The molecule has 0 saturated heterocycles. The average molecular weight is 180 g/mol. The minimum absolute atomic E-state index is 0.0524. The van der Waals surface area contributed by atoms with E-state index in [0.717, 1.165) is 5.76 Å². The van der Waals surface area contributed by atoms with Gasteiger partial charge in [0.2, 0.25) is 0 Å². The van der Waals surface area contributed by atoms with Crippen molar-refractivity contribution >= 4 is 0 Å². The molecule has 0 aromatic carbocycles. The van der Waals surface area contributed by atoms with Crippen molar-refractivity contribution in [3.8, 4) is 0 Å². The third-order valence-corrected chi connectivity index (χ3v) is 2.45. The van der Waals surface area contributed by atoms with Crippen molar-refractivity contribution in [1.82, 2.24) is 0 Å². The lowest BCUT2D eigenvalue weighted by atomic mass is 9.95. The van der Waals surface area contributed by atoms with Crippen LogP contribution in [0.25, 0.3) is 0 Å². The van der Waals surface area contributed by atoms with Crippen molar-refractivity contribution in [3.05, 3.63) is 24.0 Å². The van der Waals surface area contributed by atoms with Gasteiger partial charge in [-0.2, -0.15) is 0 Å². The van der Waals surface area contributed by atoms with Gasteiger partial charge in [0.25, 0.3) is 0 Å². The number of hydrogen-bond acceptors (Lipinski definition) is 3. The van der Waals surface area contributed by atoms with Gasteiger partial charge in [-0.15, -0.1) is 0 Å². The van der Waals surface area contributed by atoms with Crippen molar-refractivity contribution in [2.24, 2.45) is 17.4 Å². The molecule has 0 heterocycles. The zero-order chi connectivity index (χ0) is 9.26. The van der Waals surface area contributed by atoms with Gasteiger partial charge >= 0.3 is 0 Å². The van der Waals surface area contributed by atoms with Crippen molar-refractivity contribution in [2.75, 3.05) is 6.54 Å². The first-order valence-electron chi connectivity index (χ1n) is 4.82. The maximum atomic E-state index is 5.83. The molecule has 0 spiro atoms. The summed E-state index contributed by atoms with van der Waals surface area (Å²) in [6.07, 6.45) is 8.78. The molecule has 4 N–H and O–H groups in total. The van der Waals surface area contributed by atoms with Gasteiger partial charge in [0.05, 0.1) is 6.10 Å². The average Bonchev–Trinajstić information content (AvgIpc) is 2.92. The van der Waals surface area contributed by atoms with Crippen molar-refractivity contribution < 1.29 is 4.74 Å². The second-order valence-corrected chi connectivity index (χ2v) is 3.72. The Morgan fingerprint density at radius 2 is 2.23 bits per heavy atom. The molecule has 2 aliphatic rings. The summed E-state index contributed by atoms with van der Waals surface area (Å²) in [6.45, 7) is 0.586. The van der Waals surface area contributed by atoms with Crippen LogP contribution in [0.3, 0.4) is 0 Å². The van der Waals surface area contributed by atoms with E-state index in [1.165, 1.54) is 12.8 Å². The molecule has 0 aliphatic heterocycles. The maximum absolute atomic E-state index is 5.83. The lowest BCUT2D eigenvalue weighted by Gasteiger charge is -2.21. The fourth-order valence-corrected chi connectivity index (χ4v) is 1.41. The van der Waals surface area contributed by atoms with Crippen LogP contribution in [0, 0.1) is 5.92 Å². The Hall–Kier alpha value is -0.800. The first-order valence-corrected chi connectivity index (χ1v) is 4.82. The summed E-state index contributed by atoms with van der Waals surface area (Å²) >= 11 is 0. The third kappa shape index (κ3) is 2.11. The largest absolute Gasteiger partial charge is 0.491 e. The fourth-order valence-electron chi connectivity index (χ4n) is 1.41. The Kier molecular flexibility index (Phi) is 2.38. The Morgan fingerprint density at radius 3 is 2.85 bits per heavy atom. The standard InChI is InChI=1S/C10H16N2O/c11-6-7-5-9(3-4-10(7)12)13-8-1-2-8/h3-5,7-8,10H,1-2,6,11-12H2. The van der Waals surface area contributed by atoms with Gasteiger partial charge in [-0.3, -0.25) is 0 Å². The quantitative estimate of drug-likeness (QED) is 0.665.